The molecular formula is C12H9F3N6O. The van der Waals surface area contributed by atoms with Gasteiger partial charge in [0.1, 0.15) is 0 Å². The monoisotopic (exact) mass is 310 g/mol. The Morgan fingerprint density at radius 3 is 2.77 bits per heavy atom. The second-order valence-electron chi connectivity index (χ2n) is 4.48. The topological polar surface area (TPSA) is 77.1 Å². The van der Waals surface area contributed by atoms with Crippen molar-refractivity contribution in [2.24, 2.45) is 0 Å². The predicted octanol–water partition coefficient (Wildman–Crippen LogP) is 1.72. The van der Waals surface area contributed by atoms with Crippen LogP contribution in [-0.4, -0.2) is 36.5 Å². The number of aryl methyl sites for hydroxylation is 1. The first kappa shape index (κ1) is 14.0. The summed E-state index contributed by atoms with van der Waals surface area (Å²) in [6.07, 6.45) is -0.112. The van der Waals surface area contributed by atoms with Crippen LogP contribution in [0, 0.1) is 6.92 Å². The Morgan fingerprint density at radius 1 is 1.36 bits per heavy atom. The molecular weight excluding hydrogens is 301 g/mol. The minimum atomic E-state index is -4.99. The van der Waals surface area contributed by atoms with Gasteiger partial charge in [0, 0.05) is 12.4 Å². The molecule has 3 heterocycles. The van der Waals surface area contributed by atoms with E-state index in [0.717, 1.165) is 5.56 Å². The van der Waals surface area contributed by atoms with Gasteiger partial charge in [-0.05, 0) is 24.6 Å². The van der Waals surface area contributed by atoms with Gasteiger partial charge in [-0.1, -0.05) is 0 Å². The van der Waals surface area contributed by atoms with Crippen molar-refractivity contribution in [3.63, 3.8) is 0 Å². The summed E-state index contributed by atoms with van der Waals surface area (Å²) < 4.78 is 39.5. The van der Waals surface area contributed by atoms with E-state index in [0.29, 0.717) is 11.3 Å². The molecule has 0 bridgehead atoms. The molecule has 0 aliphatic heterocycles. The predicted molar refractivity (Wildman–Crippen MR) is 69.5 cm³/mol. The first-order valence-electron chi connectivity index (χ1n) is 6.10. The van der Waals surface area contributed by atoms with E-state index in [-0.39, 0.29) is 0 Å². The highest BCUT2D eigenvalue weighted by atomic mass is 19.4. The van der Waals surface area contributed by atoms with Crippen molar-refractivity contribution in [3.8, 4) is 5.69 Å². The molecule has 114 valence electrons. The van der Waals surface area contributed by atoms with Gasteiger partial charge >= 0.3 is 12.1 Å². The molecule has 0 spiro atoms. The standard InChI is InChI=1S/C12H9F3N6O/c1-7-5-9-17-11(18-10(22)12(13,14)15)19-21(9)6-8(7)20-4-2-3-16-20/h2-6H,1H3,(H,18,19,22). The van der Waals surface area contributed by atoms with Crippen LogP contribution in [0.5, 0.6) is 0 Å². The first-order chi connectivity index (χ1) is 10.3. The zero-order valence-corrected chi connectivity index (χ0v) is 11.2. The second kappa shape index (κ2) is 4.83. The molecule has 0 aromatic carbocycles. The molecule has 1 amide bonds. The summed E-state index contributed by atoms with van der Waals surface area (Å²) in [5, 5.41) is 9.50. The van der Waals surface area contributed by atoms with Crippen LogP contribution in [0.4, 0.5) is 19.1 Å². The van der Waals surface area contributed by atoms with Gasteiger partial charge in [0.2, 0.25) is 5.95 Å². The van der Waals surface area contributed by atoms with Crippen molar-refractivity contribution in [1.82, 2.24) is 24.4 Å². The Balaban J connectivity index is 1.99. The number of hydrogen-bond donors (Lipinski definition) is 1. The molecule has 3 rings (SSSR count). The van der Waals surface area contributed by atoms with Crippen LogP contribution in [0.1, 0.15) is 5.56 Å². The maximum atomic E-state index is 12.2. The second-order valence-corrected chi connectivity index (χ2v) is 4.48. The number of anilines is 1. The number of alkyl halides is 3. The van der Waals surface area contributed by atoms with E-state index >= 15 is 0 Å². The van der Waals surface area contributed by atoms with Crippen LogP contribution in [0.2, 0.25) is 0 Å². The van der Waals surface area contributed by atoms with Crippen molar-refractivity contribution in [2.45, 2.75) is 13.1 Å². The third-order valence-corrected chi connectivity index (χ3v) is 2.89. The first-order valence-corrected chi connectivity index (χ1v) is 6.10. The molecule has 0 aliphatic carbocycles. The van der Waals surface area contributed by atoms with Gasteiger partial charge in [0.05, 0.1) is 11.9 Å². The highest BCUT2D eigenvalue weighted by molar-refractivity contribution is 5.93. The number of fused-ring (bicyclic) bond motifs is 1. The van der Waals surface area contributed by atoms with E-state index in [9.17, 15) is 18.0 Å². The van der Waals surface area contributed by atoms with Gasteiger partial charge in [-0.2, -0.15) is 23.3 Å². The summed E-state index contributed by atoms with van der Waals surface area (Å²) in [6, 6.07) is 3.37. The van der Waals surface area contributed by atoms with E-state index in [1.807, 2.05) is 0 Å². The summed E-state index contributed by atoms with van der Waals surface area (Å²) in [5.74, 6) is -2.54. The third-order valence-electron chi connectivity index (χ3n) is 2.89. The number of pyridine rings is 1. The van der Waals surface area contributed by atoms with Crippen LogP contribution in [-0.2, 0) is 4.79 Å². The Kier molecular flexibility index (Phi) is 3.08. The van der Waals surface area contributed by atoms with Crippen molar-refractivity contribution >= 4 is 17.5 Å². The number of hydrogen-bond acceptors (Lipinski definition) is 4. The van der Waals surface area contributed by atoms with Crippen molar-refractivity contribution in [1.29, 1.82) is 0 Å². The molecule has 22 heavy (non-hydrogen) atoms. The van der Waals surface area contributed by atoms with Gasteiger partial charge in [-0.25, -0.2) is 9.20 Å². The van der Waals surface area contributed by atoms with Gasteiger partial charge < -0.3 is 0 Å². The lowest BCUT2D eigenvalue weighted by Crippen LogP contribution is -2.30. The summed E-state index contributed by atoms with van der Waals surface area (Å²) >= 11 is 0. The average Bonchev–Trinajstić information content (AvgIpc) is 3.04. The van der Waals surface area contributed by atoms with E-state index in [1.165, 1.54) is 4.52 Å². The molecule has 7 nitrogen and oxygen atoms in total. The quantitative estimate of drug-likeness (QED) is 0.782. The molecule has 0 fully saturated rings. The number of carbonyl (C=O) groups excluding carboxylic acids is 1. The Labute approximate surface area is 121 Å². The fourth-order valence-corrected chi connectivity index (χ4v) is 1.89. The zero-order chi connectivity index (χ0) is 15.9. The molecule has 0 saturated heterocycles. The Morgan fingerprint density at radius 2 is 2.14 bits per heavy atom. The number of halogens is 3. The molecule has 3 aromatic heterocycles. The lowest BCUT2D eigenvalue weighted by molar-refractivity contribution is -0.167. The van der Waals surface area contributed by atoms with Crippen LogP contribution < -0.4 is 5.32 Å². The molecule has 0 aliphatic rings. The number of carbonyl (C=O) groups is 1. The fourth-order valence-electron chi connectivity index (χ4n) is 1.89. The highest BCUT2D eigenvalue weighted by Crippen LogP contribution is 2.19. The molecule has 3 aromatic rings. The van der Waals surface area contributed by atoms with Crippen molar-refractivity contribution in [3.05, 3.63) is 36.3 Å². The summed E-state index contributed by atoms with van der Waals surface area (Å²) in [5.41, 5.74) is 1.80. The molecule has 0 radical (unpaired) electrons. The number of aromatic nitrogens is 5. The largest absolute Gasteiger partial charge is 0.471 e. The SMILES string of the molecule is Cc1cc2nc(NC(=O)C(F)(F)F)nn2cc1-n1cccn1. The lowest BCUT2D eigenvalue weighted by atomic mass is 10.2. The van der Waals surface area contributed by atoms with Crippen molar-refractivity contribution < 1.29 is 18.0 Å². The van der Waals surface area contributed by atoms with Crippen LogP contribution in [0.25, 0.3) is 11.3 Å². The lowest BCUT2D eigenvalue weighted by Gasteiger charge is -2.05. The number of nitrogens with zero attached hydrogens (tertiary/aromatic N) is 5. The minimum absolute atomic E-state index is 0.311. The third kappa shape index (κ3) is 2.50. The molecule has 0 saturated carbocycles. The van der Waals surface area contributed by atoms with Crippen LogP contribution in [0.15, 0.2) is 30.7 Å². The van der Waals surface area contributed by atoms with Crippen LogP contribution >= 0.6 is 0 Å². The van der Waals surface area contributed by atoms with E-state index in [4.69, 9.17) is 0 Å². The highest BCUT2D eigenvalue weighted by Gasteiger charge is 2.39. The normalized spacial score (nSPS) is 11.8. The maximum absolute atomic E-state index is 12.2. The average molecular weight is 310 g/mol. The summed E-state index contributed by atoms with van der Waals surface area (Å²) in [4.78, 5) is 14.7. The van der Waals surface area contributed by atoms with E-state index < -0.39 is 18.0 Å². The number of rotatable bonds is 2. The molecule has 1 N–H and O–H groups in total. The van der Waals surface area contributed by atoms with Gasteiger partial charge in [-0.3, -0.25) is 10.1 Å². The smallest absolute Gasteiger partial charge is 0.285 e. The zero-order valence-electron chi connectivity index (χ0n) is 11.2. The molecule has 0 atom stereocenters. The van der Waals surface area contributed by atoms with E-state index in [1.54, 1.807) is 47.6 Å². The molecule has 10 heteroatoms. The number of amides is 1. The van der Waals surface area contributed by atoms with Crippen LogP contribution in [0.3, 0.4) is 0 Å². The maximum Gasteiger partial charge on any atom is 0.471 e. The summed E-state index contributed by atoms with van der Waals surface area (Å²) in [6.45, 7) is 1.81. The van der Waals surface area contributed by atoms with Gasteiger partial charge in [-0.15, -0.1) is 5.10 Å². The minimum Gasteiger partial charge on any atom is -0.285 e. The Hall–Kier alpha value is -2.91. The number of nitrogens with one attached hydrogen (secondary N) is 1. The van der Waals surface area contributed by atoms with E-state index in [2.05, 4.69) is 15.2 Å². The molecule has 0 unspecified atom stereocenters. The fraction of sp³-hybridized carbons (Fsp3) is 0.167. The van der Waals surface area contributed by atoms with Gasteiger partial charge in [0.15, 0.2) is 5.65 Å². The van der Waals surface area contributed by atoms with Gasteiger partial charge in [0.25, 0.3) is 0 Å². The summed E-state index contributed by atoms with van der Waals surface area (Å²) in [7, 11) is 0. The van der Waals surface area contributed by atoms with Crippen molar-refractivity contribution in [2.75, 3.05) is 5.32 Å². The Bertz CT molecular complexity index is 837.